The van der Waals surface area contributed by atoms with Gasteiger partial charge in [-0.25, -0.2) is 18.4 Å². The maximum absolute atomic E-state index is 14.0. The highest BCUT2D eigenvalue weighted by Crippen LogP contribution is 2.28. The van der Waals surface area contributed by atoms with Crippen molar-refractivity contribution in [3.63, 3.8) is 0 Å². The second kappa shape index (κ2) is 9.94. The highest BCUT2D eigenvalue weighted by atomic mass is 19.3. The van der Waals surface area contributed by atoms with E-state index < -0.39 is 18.1 Å². The van der Waals surface area contributed by atoms with Crippen molar-refractivity contribution < 1.29 is 18.7 Å². The molecule has 0 aliphatic rings. The Labute approximate surface area is 185 Å². The number of aromatic carboxylic acids is 1. The van der Waals surface area contributed by atoms with Crippen LogP contribution in [-0.4, -0.2) is 20.2 Å². The highest BCUT2D eigenvalue weighted by molar-refractivity contribution is 5.95. The molecule has 0 radical (unpaired) electrons. The predicted octanol–water partition coefficient (Wildman–Crippen LogP) is 5.92. The van der Waals surface area contributed by atoms with Crippen molar-refractivity contribution in [2.75, 3.05) is 0 Å². The first-order valence-corrected chi connectivity index (χ1v) is 10.8. The second-order valence-corrected chi connectivity index (χ2v) is 7.93. The average Bonchev–Trinajstić information content (AvgIpc) is 3.05. The lowest BCUT2D eigenvalue weighted by atomic mass is 9.99. The molecule has 1 unspecified atom stereocenters. The number of carbonyl (C=O) groups is 1. The van der Waals surface area contributed by atoms with Crippen LogP contribution in [0.25, 0.3) is 11.1 Å². The number of halogens is 2. The summed E-state index contributed by atoms with van der Waals surface area (Å²) in [6, 6.07) is 13.6. The van der Waals surface area contributed by atoms with Crippen LogP contribution in [0.3, 0.4) is 0 Å². The van der Waals surface area contributed by atoms with Crippen molar-refractivity contribution in [2.45, 2.75) is 59.0 Å². The summed E-state index contributed by atoms with van der Waals surface area (Å²) in [4.78, 5) is 24.6. The van der Waals surface area contributed by atoms with Gasteiger partial charge in [-0.1, -0.05) is 62.7 Å². The Morgan fingerprint density at radius 2 is 1.72 bits per heavy atom. The van der Waals surface area contributed by atoms with Gasteiger partial charge in [-0.3, -0.25) is 9.13 Å². The van der Waals surface area contributed by atoms with Gasteiger partial charge in [-0.15, -0.1) is 0 Å². The summed E-state index contributed by atoms with van der Waals surface area (Å²) in [5, 5.41) is 9.42. The quantitative estimate of drug-likeness (QED) is 0.447. The fraction of sp³-hybridized carbons (Fsp3) is 0.360. The molecule has 0 bridgehead atoms. The van der Waals surface area contributed by atoms with Crippen LogP contribution in [0.1, 0.15) is 73.4 Å². The lowest BCUT2D eigenvalue weighted by Crippen LogP contribution is -2.28. The molecule has 1 atom stereocenters. The maximum Gasteiger partial charge on any atom is 0.336 e. The number of benzene rings is 2. The number of aromatic nitrogens is 2. The molecular formula is C25H28F2N2O3. The van der Waals surface area contributed by atoms with E-state index in [2.05, 4.69) is 0 Å². The number of rotatable bonds is 9. The lowest BCUT2D eigenvalue weighted by molar-refractivity contribution is 0.0697. The van der Waals surface area contributed by atoms with E-state index in [0.29, 0.717) is 30.5 Å². The van der Waals surface area contributed by atoms with E-state index in [9.17, 15) is 23.5 Å². The van der Waals surface area contributed by atoms with E-state index in [1.807, 2.05) is 13.8 Å². The van der Waals surface area contributed by atoms with Crippen molar-refractivity contribution in [1.29, 1.82) is 0 Å². The number of nitrogens with zero attached hydrogens (tertiary/aromatic N) is 2. The van der Waals surface area contributed by atoms with Gasteiger partial charge in [0.15, 0.2) is 0 Å². The van der Waals surface area contributed by atoms with Crippen molar-refractivity contribution >= 4 is 5.97 Å². The molecule has 0 saturated carbocycles. The first kappa shape index (κ1) is 23.4. The van der Waals surface area contributed by atoms with E-state index in [1.165, 1.54) is 9.13 Å². The summed E-state index contributed by atoms with van der Waals surface area (Å²) in [6.45, 7) is 5.73. The van der Waals surface area contributed by atoms with Crippen LogP contribution in [0.15, 0.2) is 53.3 Å². The zero-order chi connectivity index (χ0) is 23.4. The van der Waals surface area contributed by atoms with Crippen LogP contribution in [0, 0.1) is 0 Å². The normalized spacial score (nSPS) is 12.3. The van der Waals surface area contributed by atoms with Gasteiger partial charge in [0, 0.05) is 11.7 Å². The number of alkyl halides is 2. The number of hydrogen-bond acceptors (Lipinski definition) is 2. The molecule has 3 rings (SSSR count). The van der Waals surface area contributed by atoms with Crippen LogP contribution < -0.4 is 5.69 Å². The largest absolute Gasteiger partial charge is 0.478 e. The molecule has 3 aromatic rings. The fourth-order valence-corrected chi connectivity index (χ4v) is 4.02. The molecule has 2 aromatic carbocycles. The molecule has 7 heteroatoms. The minimum atomic E-state index is -2.73. The molecule has 5 nitrogen and oxygen atoms in total. The molecule has 0 saturated heterocycles. The van der Waals surface area contributed by atoms with E-state index >= 15 is 0 Å². The lowest BCUT2D eigenvalue weighted by Gasteiger charge is -2.14. The van der Waals surface area contributed by atoms with E-state index in [4.69, 9.17) is 0 Å². The summed E-state index contributed by atoms with van der Waals surface area (Å²) in [7, 11) is 0. The highest BCUT2D eigenvalue weighted by Gasteiger charge is 2.27. The van der Waals surface area contributed by atoms with Crippen molar-refractivity contribution in [3.8, 4) is 11.1 Å². The zero-order valence-corrected chi connectivity index (χ0v) is 18.5. The van der Waals surface area contributed by atoms with E-state index in [1.54, 1.807) is 55.5 Å². The minimum absolute atomic E-state index is 0.179. The molecule has 32 heavy (non-hydrogen) atoms. The molecule has 1 aromatic heterocycles. The topological polar surface area (TPSA) is 64.2 Å². The van der Waals surface area contributed by atoms with Gasteiger partial charge in [0.05, 0.1) is 12.1 Å². The van der Waals surface area contributed by atoms with Gasteiger partial charge in [-0.05, 0) is 42.5 Å². The Morgan fingerprint density at radius 1 is 1.06 bits per heavy atom. The Hall–Kier alpha value is -3.22. The summed E-state index contributed by atoms with van der Waals surface area (Å²) in [5.41, 5.74) is 2.10. The summed E-state index contributed by atoms with van der Waals surface area (Å²) < 4.78 is 30.6. The molecule has 170 valence electrons. The maximum atomic E-state index is 14.0. The number of imidazole rings is 1. The third-order valence-electron chi connectivity index (χ3n) is 5.81. The van der Waals surface area contributed by atoms with Crippen LogP contribution in [0.4, 0.5) is 8.78 Å². The van der Waals surface area contributed by atoms with Gasteiger partial charge in [-0.2, -0.15) is 0 Å². The standard InChI is InChI=1S/C25H28F2N2O3/c1-4-8-21-22(23(26)27)29(16(3)5-2)25(32)28(21)15-17-11-13-18(14-12-17)19-9-6-7-10-20(19)24(30)31/h6-7,9-14,16,23H,4-5,8,15H2,1-3H3,(H,30,31). The van der Waals surface area contributed by atoms with Crippen LogP contribution in [0.2, 0.25) is 0 Å². The molecule has 0 amide bonds. The number of carboxylic acids is 1. The average molecular weight is 443 g/mol. The van der Waals surface area contributed by atoms with Gasteiger partial charge < -0.3 is 5.11 Å². The molecule has 0 aliphatic carbocycles. The van der Waals surface area contributed by atoms with Gasteiger partial charge >= 0.3 is 11.7 Å². The molecular weight excluding hydrogens is 414 g/mol. The van der Waals surface area contributed by atoms with Crippen LogP contribution in [-0.2, 0) is 13.0 Å². The van der Waals surface area contributed by atoms with Gasteiger partial charge in [0.2, 0.25) is 0 Å². The fourth-order valence-electron chi connectivity index (χ4n) is 4.02. The van der Waals surface area contributed by atoms with Crippen LogP contribution >= 0.6 is 0 Å². The number of carboxylic acid groups (broad SMARTS) is 1. The number of hydrogen-bond donors (Lipinski definition) is 1. The Kier molecular flexibility index (Phi) is 7.28. The molecule has 0 spiro atoms. The first-order chi connectivity index (χ1) is 15.3. The van der Waals surface area contributed by atoms with Gasteiger partial charge in [0.1, 0.15) is 5.69 Å². The SMILES string of the molecule is CCCc1c(C(F)F)n(C(C)CC)c(=O)n1Cc1ccc(-c2ccccc2C(=O)O)cc1. The monoisotopic (exact) mass is 442 g/mol. The molecule has 0 fully saturated rings. The first-order valence-electron chi connectivity index (χ1n) is 10.8. The van der Waals surface area contributed by atoms with E-state index in [-0.39, 0.29) is 23.8 Å². The Bertz CT molecular complexity index is 1150. The molecule has 1 heterocycles. The third-order valence-corrected chi connectivity index (χ3v) is 5.81. The third kappa shape index (κ3) is 4.52. The summed E-state index contributed by atoms with van der Waals surface area (Å²) in [5.74, 6) is -1.01. The smallest absolute Gasteiger partial charge is 0.336 e. The zero-order valence-electron chi connectivity index (χ0n) is 18.5. The van der Waals surface area contributed by atoms with Crippen LogP contribution in [0.5, 0.6) is 0 Å². The predicted molar refractivity (Wildman–Crippen MR) is 121 cm³/mol. The minimum Gasteiger partial charge on any atom is -0.478 e. The summed E-state index contributed by atoms with van der Waals surface area (Å²) in [6.07, 6.45) is -1.11. The summed E-state index contributed by atoms with van der Waals surface area (Å²) >= 11 is 0. The Morgan fingerprint density at radius 3 is 2.28 bits per heavy atom. The van der Waals surface area contributed by atoms with Crippen molar-refractivity contribution in [2.24, 2.45) is 0 Å². The van der Waals surface area contributed by atoms with E-state index in [0.717, 1.165) is 11.1 Å². The molecule has 0 aliphatic heterocycles. The van der Waals surface area contributed by atoms with Crippen molar-refractivity contribution in [3.05, 3.63) is 81.5 Å². The second-order valence-electron chi connectivity index (χ2n) is 7.93. The van der Waals surface area contributed by atoms with Crippen molar-refractivity contribution in [1.82, 2.24) is 9.13 Å². The van der Waals surface area contributed by atoms with Gasteiger partial charge in [0.25, 0.3) is 6.43 Å². The molecule has 1 N–H and O–H groups in total. The Balaban J connectivity index is 2.02.